The molecule has 0 radical (unpaired) electrons. The van der Waals surface area contributed by atoms with Crippen molar-refractivity contribution in [3.8, 4) is 0 Å². The first-order valence-electron chi connectivity index (χ1n) is 2.96. The van der Waals surface area contributed by atoms with Crippen molar-refractivity contribution in [1.82, 2.24) is 5.32 Å². The largest absolute Gasteiger partial charge is 0.320 e. The van der Waals surface area contributed by atoms with E-state index in [0.29, 0.717) is 10.9 Å². The standard InChI is InChI=1S/C6H16NS/c1-7-5-4-6-8(2)3/h7H,4-6H2,1-3H3/q+1. The molecule has 0 bridgehead atoms. The molecule has 8 heavy (non-hydrogen) atoms. The summed E-state index contributed by atoms with van der Waals surface area (Å²) in [6.45, 7) is 1.17. The highest BCUT2D eigenvalue weighted by Gasteiger charge is 1.98. The van der Waals surface area contributed by atoms with Gasteiger partial charge in [0.25, 0.3) is 0 Å². The molecule has 0 unspecified atom stereocenters. The molecule has 1 N–H and O–H groups in total. The fourth-order valence-corrected chi connectivity index (χ4v) is 1.26. The van der Waals surface area contributed by atoms with E-state index >= 15 is 0 Å². The second kappa shape index (κ2) is 5.45. The third kappa shape index (κ3) is 6.31. The predicted octanol–water partition coefficient (Wildman–Crippen LogP) is 0.474. The zero-order valence-corrected chi connectivity index (χ0v) is 6.85. The molecule has 0 spiro atoms. The van der Waals surface area contributed by atoms with Crippen LogP contribution in [0, 0.1) is 0 Å². The van der Waals surface area contributed by atoms with E-state index in [9.17, 15) is 0 Å². The lowest BCUT2D eigenvalue weighted by molar-refractivity contribution is 0.777. The molecule has 0 fully saturated rings. The van der Waals surface area contributed by atoms with Gasteiger partial charge in [-0.2, -0.15) is 0 Å². The van der Waals surface area contributed by atoms with Crippen LogP contribution in [0.15, 0.2) is 0 Å². The highest BCUT2D eigenvalue weighted by Crippen LogP contribution is 1.86. The average molecular weight is 134 g/mol. The van der Waals surface area contributed by atoms with E-state index in [-0.39, 0.29) is 0 Å². The molecule has 0 saturated carbocycles. The van der Waals surface area contributed by atoms with Gasteiger partial charge in [-0.3, -0.25) is 0 Å². The maximum atomic E-state index is 3.13. The van der Waals surface area contributed by atoms with Gasteiger partial charge in [-0.05, 0) is 24.5 Å². The van der Waals surface area contributed by atoms with Crippen LogP contribution in [0.5, 0.6) is 0 Å². The summed E-state index contributed by atoms with van der Waals surface area (Å²) in [5.74, 6) is 1.38. The molecule has 0 atom stereocenters. The van der Waals surface area contributed by atoms with Gasteiger partial charge in [0.15, 0.2) is 0 Å². The van der Waals surface area contributed by atoms with Crippen LogP contribution in [-0.2, 0) is 10.9 Å². The van der Waals surface area contributed by atoms with Crippen molar-refractivity contribution >= 4 is 10.9 Å². The lowest BCUT2D eigenvalue weighted by atomic mass is 10.5. The van der Waals surface area contributed by atoms with E-state index in [2.05, 4.69) is 17.8 Å². The average Bonchev–Trinajstić information content (AvgIpc) is 1.66. The molecule has 0 aromatic carbocycles. The van der Waals surface area contributed by atoms with Gasteiger partial charge in [-0.15, -0.1) is 0 Å². The Kier molecular flexibility index (Phi) is 5.66. The fraction of sp³-hybridized carbons (Fsp3) is 1.00. The Hall–Kier alpha value is 0.310. The molecule has 0 rings (SSSR count). The quantitative estimate of drug-likeness (QED) is 0.435. The van der Waals surface area contributed by atoms with Crippen LogP contribution < -0.4 is 5.32 Å². The van der Waals surface area contributed by atoms with Gasteiger partial charge in [0.05, 0.1) is 12.5 Å². The Labute approximate surface area is 55.2 Å². The molecule has 2 heteroatoms. The summed E-state index contributed by atoms with van der Waals surface area (Å²) in [5.41, 5.74) is 0. The highest BCUT2D eigenvalue weighted by atomic mass is 32.2. The molecule has 0 aliphatic heterocycles. The van der Waals surface area contributed by atoms with E-state index in [4.69, 9.17) is 0 Å². The monoisotopic (exact) mass is 134 g/mol. The second-order valence-electron chi connectivity index (χ2n) is 2.15. The van der Waals surface area contributed by atoms with Crippen molar-refractivity contribution in [2.45, 2.75) is 6.42 Å². The Morgan fingerprint density at radius 1 is 1.38 bits per heavy atom. The van der Waals surface area contributed by atoms with Gasteiger partial charge < -0.3 is 5.32 Å². The van der Waals surface area contributed by atoms with Gasteiger partial charge in [0.2, 0.25) is 0 Å². The number of nitrogens with one attached hydrogen (secondary N) is 1. The Bertz CT molecular complexity index is 45.8. The summed E-state index contributed by atoms with van der Waals surface area (Å²) < 4.78 is 0. The maximum absolute atomic E-state index is 3.13. The molecule has 0 aliphatic carbocycles. The first-order chi connectivity index (χ1) is 3.77. The molecule has 0 aromatic rings. The molecule has 0 aliphatic rings. The van der Waals surface area contributed by atoms with Gasteiger partial charge in [0.1, 0.15) is 5.75 Å². The van der Waals surface area contributed by atoms with Crippen molar-refractivity contribution < 1.29 is 0 Å². The third-order valence-electron chi connectivity index (χ3n) is 0.979. The van der Waals surface area contributed by atoms with Gasteiger partial charge >= 0.3 is 0 Å². The fourth-order valence-electron chi connectivity index (χ4n) is 0.538. The molecule has 0 saturated heterocycles. The summed E-state index contributed by atoms with van der Waals surface area (Å²) in [7, 11) is 2.65. The van der Waals surface area contributed by atoms with Crippen LogP contribution in [0.25, 0.3) is 0 Å². The lowest BCUT2D eigenvalue weighted by Crippen LogP contribution is -2.12. The zero-order chi connectivity index (χ0) is 6.41. The molecule has 0 heterocycles. The van der Waals surface area contributed by atoms with E-state index in [0.717, 1.165) is 0 Å². The molecule has 0 amide bonds. The first kappa shape index (κ1) is 8.31. The number of hydrogen-bond acceptors (Lipinski definition) is 1. The molecule has 0 aromatic heterocycles. The SMILES string of the molecule is CNCCC[S+](C)C. The molecule has 50 valence electrons. The minimum Gasteiger partial charge on any atom is -0.320 e. The number of rotatable bonds is 4. The second-order valence-corrected chi connectivity index (χ2v) is 4.53. The topological polar surface area (TPSA) is 12.0 Å². The van der Waals surface area contributed by atoms with Gasteiger partial charge in [-0.1, -0.05) is 0 Å². The van der Waals surface area contributed by atoms with E-state index in [1.807, 2.05) is 7.05 Å². The van der Waals surface area contributed by atoms with Crippen LogP contribution in [-0.4, -0.2) is 31.9 Å². The Morgan fingerprint density at radius 2 is 2.00 bits per heavy atom. The zero-order valence-electron chi connectivity index (χ0n) is 6.03. The summed E-state index contributed by atoms with van der Waals surface area (Å²) in [6.07, 6.45) is 5.90. The van der Waals surface area contributed by atoms with Crippen molar-refractivity contribution in [2.75, 3.05) is 31.9 Å². The molecular formula is C6H16NS+. The summed E-state index contributed by atoms with van der Waals surface area (Å²) in [5, 5.41) is 3.13. The van der Waals surface area contributed by atoms with Crippen molar-refractivity contribution in [2.24, 2.45) is 0 Å². The summed E-state index contributed by atoms with van der Waals surface area (Å²) in [6, 6.07) is 0. The van der Waals surface area contributed by atoms with Crippen molar-refractivity contribution in [3.63, 3.8) is 0 Å². The van der Waals surface area contributed by atoms with Gasteiger partial charge in [0, 0.05) is 6.42 Å². The van der Waals surface area contributed by atoms with Crippen LogP contribution >= 0.6 is 0 Å². The molecule has 1 nitrogen and oxygen atoms in total. The van der Waals surface area contributed by atoms with Crippen LogP contribution in [0.2, 0.25) is 0 Å². The third-order valence-corrected chi connectivity index (χ3v) is 2.08. The van der Waals surface area contributed by atoms with Crippen LogP contribution in [0.1, 0.15) is 6.42 Å². The van der Waals surface area contributed by atoms with E-state index in [1.54, 1.807) is 0 Å². The Morgan fingerprint density at radius 3 is 2.38 bits per heavy atom. The van der Waals surface area contributed by atoms with Crippen molar-refractivity contribution in [1.29, 1.82) is 0 Å². The normalized spacial score (nSPS) is 10.5. The molecular weight excluding hydrogens is 118 g/mol. The van der Waals surface area contributed by atoms with Crippen LogP contribution in [0.3, 0.4) is 0 Å². The van der Waals surface area contributed by atoms with E-state index in [1.165, 1.54) is 18.7 Å². The van der Waals surface area contributed by atoms with E-state index < -0.39 is 0 Å². The summed E-state index contributed by atoms with van der Waals surface area (Å²) >= 11 is 0. The van der Waals surface area contributed by atoms with Crippen LogP contribution in [0.4, 0.5) is 0 Å². The van der Waals surface area contributed by atoms with Gasteiger partial charge in [-0.25, -0.2) is 0 Å². The minimum atomic E-state index is 0.643. The maximum Gasteiger partial charge on any atom is 0.108 e. The summed E-state index contributed by atoms with van der Waals surface area (Å²) in [4.78, 5) is 0. The van der Waals surface area contributed by atoms with Crippen molar-refractivity contribution in [3.05, 3.63) is 0 Å². The number of hydrogen-bond donors (Lipinski definition) is 1. The minimum absolute atomic E-state index is 0.643. The smallest absolute Gasteiger partial charge is 0.108 e. The first-order valence-corrected chi connectivity index (χ1v) is 5.17. The Balaban J connectivity index is 2.72. The highest BCUT2D eigenvalue weighted by molar-refractivity contribution is 7.95. The lowest BCUT2D eigenvalue weighted by Gasteiger charge is -1.95. The predicted molar refractivity (Wildman–Crippen MR) is 42.6 cm³/mol.